The lowest BCUT2D eigenvalue weighted by atomic mass is 10.1. The summed E-state index contributed by atoms with van der Waals surface area (Å²) in [5.74, 6) is -2.58. The number of ether oxygens (including phenoxy) is 1. The first-order chi connectivity index (χ1) is 15.9. The van der Waals surface area contributed by atoms with Crippen LogP contribution in [0, 0.1) is 12.7 Å². The highest BCUT2D eigenvalue weighted by atomic mass is 32.2. The van der Waals surface area contributed by atoms with Gasteiger partial charge in [-0.15, -0.1) is 0 Å². The maximum Gasteiger partial charge on any atom is 0.339 e. The fourth-order valence-electron chi connectivity index (χ4n) is 3.31. The molecule has 0 spiro atoms. The lowest BCUT2D eigenvalue weighted by Gasteiger charge is -2.18. The van der Waals surface area contributed by atoms with Crippen molar-refractivity contribution < 1.29 is 23.5 Å². The Bertz CT molecular complexity index is 1290. The molecule has 0 fully saturated rings. The van der Waals surface area contributed by atoms with Gasteiger partial charge in [0.05, 0.1) is 24.0 Å². The van der Waals surface area contributed by atoms with Crippen LogP contribution in [0.2, 0.25) is 0 Å². The minimum Gasteiger partial charge on any atom is -0.465 e. The Balaban J connectivity index is 1.80. The van der Waals surface area contributed by atoms with Crippen LogP contribution in [0.5, 0.6) is 0 Å². The lowest BCUT2D eigenvalue weighted by Crippen LogP contribution is -2.33. The third-order valence-electron chi connectivity index (χ3n) is 4.97. The standard InChI is InChI=1S/C25H19FN2O4S/c1-15-11-13-16(14-12-15)33-22-21(27-19-9-5-4-8-18(19)26)23(29)28(24(22)30)20-10-6-3-7-17(20)25(31)32-2/h3-14,27H,1-2H3. The van der Waals surface area contributed by atoms with Crippen molar-refractivity contribution in [3.8, 4) is 0 Å². The van der Waals surface area contributed by atoms with Crippen molar-refractivity contribution in [1.29, 1.82) is 0 Å². The normalized spacial score (nSPS) is 13.5. The molecule has 1 heterocycles. The molecule has 0 aromatic heterocycles. The van der Waals surface area contributed by atoms with Crippen molar-refractivity contribution in [3.05, 3.63) is 100 Å². The van der Waals surface area contributed by atoms with Gasteiger partial charge >= 0.3 is 5.97 Å². The average molecular weight is 463 g/mol. The summed E-state index contributed by atoms with van der Waals surface area (Å²) in [7, 11) is 1.22. The number of anilines is 2. The molecule has 3 aromatic rings. The van der Waals surface area contributed by atoms with Gasteiger partial charge in [-0.1, -0.05) is 53.7 Å². The largest absolute Gasteiger partial charge is 0.465 e. The molecule has 0 aliphatic carbocycles. The van der Waals surface area contributed by atoms with Crippen molar-refractivity contribution in [2.24, 2.45) is 0 Å². The van der Waals surface area contributed by atoms with Crippen LogP contribution in [0.15, 0.2) is 88.3 Å². The van der Waals surface area contributed by atoms with E-state index in [0.717, 1.165) is 27.1 Å². The van der Waals surface area contributed by atoms with Crippen LogP contribution >= 0.6 is 11.8 Å². The Morgan fingerprint density at radius 1 is 0.939 bits per heavy atom. The Kier molecular flexibility index (Phi) is 6.28. The summed E-state index contributed by atoms with van der Waals surface area (Å²) in [6.07, 6.45) is 0. The van der Waals surface area contributed by atoms with Crippen LogP contribution in [-0.4, -0.2) is 24.9 Å². The summed E-state index contributed by atoms with van der Waals surface area (Å²) >= 11 is 1.09. The van der Waals surface area contributed by atoms with Gasteiger partial charge in [0.1, 0.15) is 16.4 Å². The van der Waals surface area contributed by atoms with Crippen LogP contribution in [0.1, 0.15) is 15.9 Å². The number of methoxy groups -OCH3 is 1. The van der Waals surface area contributed by atoms with Crippen LogP contribution in [0.3, 0.4) is 0 Å². The topological polar surface area (TPSA) is 75.7 Å². The third kappa shape index (κ3) is 4.38. The first-order valence-corrected chi connectivity index (χ1v) is 10.8. The summed E-state index contributed by atoms with van der Waals surface area (Å²) in [6, 6.07) is 19.5. The second-order valence-electron chi connectivity index (χ2n) is 7.18. The molecular weight excluding hydrogens is 443 g/mol. The molecule has 0 saturated heterocycles. The summed E-state index contributed by atoms with van der Waals surface area (Å²) in [6.45, 7) is 1.94. The first-order valence-electron chi connectivity index (χ1n) is 9.97. The third-order valence-corrected chi connectivity index (χ3v) is 6.06. The van der Waals surface area contributed by atoms with Gasteiger partial charge in [-0.3, -0.25) is 9.59 Å². The van der Waals surface area contributed by atoms with Crippen molar-refractivity contribution in [2.75, 3.05) is 17.3 Å². The number of hydrogen-bond donors (Lipinski definition) is 1. The summed E-state index contributed by atoms with van der Waals surface area (Å²) < 4.78 is 19.1. The monoisotopic (exact) mass is 462 g/mol. The van der Waals surface area contributed by atoms with E-state index in [2.05, 4.69) is 5.32 Å². The number of thioether (sulfide) groups is 1. The second-order valence-corrected chi connectivity index (χ2v) is 8.26. The molecule has 0 radical (unpaired) electrons. The minimum absolute atomic E-state index is 0.0544. The quantitative estimate of drug-likeness (QED) is 0.414. The van der Waals surface area contributed by atoms with E-state index in [1.807, 2.05) is 31.2 Å². The molecule has 1 aliphatic heterocycles. The molecule has 6 nitrogen and oxygen atoms in total. The smallest absolute Gasteiger partial charge is 0.339 e. The van der Waals surface area contributed by atoms with E-state index < -0.39 is 23.6 Å². The number of para-hydroxylation sites is 2. The average Bonchev–Trinajstić information content (AvgIpc) is 3.05. The summed E-state index contributed by atoms with van der Waals surface area (Å²) in [5, 5.41) is 2.79. The van der Waals surface area contributed by atoms with Gasteiger partial charge in [0.2, 0.25) is 0 Å². The molecule has 0 unspecified atom stereocenters. The molecule has 8 heteroatoms. The number of rotatable bonds is 6. The van der Waals surface area contributed by atoms with Crippen molar-refractivity contribution >= 4 is 40.9 Å². The van der Waals surface area contributed by atoms with E-state index in [1.165, 1.54) is 37.4 Å². The fraction of sp³-hybridized carbons (Fsp3) is 0.0800. The Morgan fingerprint density at radius 3 is 2.30 bits per heavy atom. The number of amides is 2. The predicted octanol–water partition coefficient (Wildman–Crippen LogP) is 4.91. The van der Waals surface area contributed by atoms with Gasteiger partial charge in [0, 0.05) is 4.90 Å². The number of nitrogens with zero attached hydrogens (tertiary/aromatic N) is 1. The molecule has 2 amide bonds. The molecule has 166 valence electrons. The van der Waals surface area contributed by atoms with Gasteiger partial charge < -0.3 is 10.1 Å². The maximum absolute atomic E-state index is 14.3. The Hall–Kier alpha value is -3.91. The van der Waals surface area contributed by atoms with Gasteiger partial charge in [-0.2, -0.15) is 0 Å². The summed E-state index contributed by atoms with van der Waals surface area (Å²) in [4.78, 5) is 40.9. The van der Waals surface area contributed by atoms with Gasteiger partial charge in [-0.05, 0) is 43.3 Å². The Morgan fingerprint density at radius 2 is 1.61 bits per heavy atom. The van der Waals surface area contributed by atoms with Gasteiger partial charge in [0.25, 0.3) is 11.8 Å². The molecule has 4 rings (SSSR count). The van der Waals surface area contributed by atoms with Crippen molar-refractivity contribution in [3.63, 3.8) is 0 Å². The number of carbonyl (C=O) groups is 3. The zero-order chi connectivity index (χ0) is 23.5. The van der Waals surface area contributed by atoms with Crippen LogP contribution in [-0.2, 0) is 14.3 Å². The van der Waals surface area contributed by atoms with Crippen molar-refractivity contribution in [1.82, 2.24) is 0 Å². The molecule has 0 bridgehead atoms. The number of imide groups is 1. The first kappa shape index (κ1) is 22.3. The molecule has 0 saturated carbocycles. The highest BCUT2D eigenvalue weighted by Crippen LogP contribution is 2.39. The second kappa shape index (κ2) is 9.30. The van der Waals surface area contributed by atoms with Gasteiger partial charge in [-0.25, -0.2) is 14.1 Å². The number of benzene rings is 3. The molecule has 3 aromatic carbocycles. The number of halogens is 1. The number of nitrogens with one attached hydrogen (secondary N) is 1. The van der Waals surface area contributed by atoms with Crippen LogP contribution in [0.25, 0.3) is 0 Å². The maximum atomic E-state index is 14.3. The highest BCUT2D eigenvalue weighted by molar-refractivity contribution is 8.04. The van der Waals surface area contributed by atoms with Crippen molar-refractivity contribution in [2.45, 2.75) is 11.8 Å². The number of hydrogen-bond acceptors (Lipinski definition) is 6. The molecule has 1 aliphatic rings. The summed E-state index contributed by atoms with van der Waals surface area (Å²) in [5.41, 5.74) is 1.18. The van der Waals surface area contributed by atoms with E-state index in [0.29, 0.717) is 0 Å². The van der Waals surface area contributed by atoms with Crippen LogP contribution < -0.4 is 10.2 Å². The molecule has 0 atom stereocenters. The van der Waals surface area contributed by atoms with E-state index in [-0.39, 0.29) is 27.5 Å². The zero-order valence-corrected chi connectivity index (χ0v) is 18.6. The lowest BCUT2D eigenvalue weighted by molar-refractivity contribution is -0.120. The fourth-order valence-corrected chi connectivity index (χ4v) is 4.23. The van der Waals surface area contributed by atoms with E-state index in [1.54, 1.807) is 18.2 Å². The molecule has 33 heavy (non-hydrogen) atoms. The highest BCUT2D eigenvalue weighted by Gasteiger charge is 2.42. The predicted molar refractivity (Wildman–Crippen MR) is 124 cm³/mol. The van der Waals surface area contributed by atoms with E-state index in [4.69, 9.17) is 4.74 Å². The number of aryl methyl sites for hydroxylation is 1. The zero-order valence-electron chi connectivity index (χ0n) is 17.8. The number of carbonyl (C=O) groups excluding carboxylic acids is 3. The van der Waals surface area contributed by atoms with Gasteiger partial charge in [0.15, 0.2) is 0 Å². The molecular formula is C25H19FN2O4S. The Labute approximate surface area is 194 Å². The van der Waals surface area contributed by atoms with Crippen LogP contribution in [0.4, 0.5) is 15.8 Å². The molecule has 1 N–H and O–H groups in total. The van der Waals surface area contributed by atoms with E-state index >= 15 is 0 Å². The number of esters is 1. The minimum atomic E-state index is -0.700. The van der Waals surface area contributed by atoms with E-state index in [9.17, 15) is 18.8 Å². The SMILES string of the molecule is COC(=O)c1ccccc1N1C(=O)C(Nc2ccccc2F)=C(Sc2ccc(C)cc2)C1=O.